The van der Waals surface area contributed by atoms with Gasteiger partial charge in [0.05, 0.1) is 0 Å². The number of hydrogen-bond donors (Lipinski definition) is 0. The maximum absolute atomic E-state index is 13.3. The summed E-state index contributed by atoms with van der Waals surface area (Å²) in [4.78, 5) is 70.6. The van der Waals surface area contributed by atoms with Crippen LogP contribution in [0.25, 0.3) is 0 Å². The SMILES string of the molecule is CN1C(=O)N(CC2CCOCC2)C2(CC3(CCC(N4C(=O)CC(=O)N(CC5CCC5)C4=O)CC3)C2)C1=O. The summed E-state index contributed by atoms with van der Waals surface area (Å²) in [5.41, 5.74) is -0.797. The maximum atomic E-state index is 13.3. The van der Waals surface area contributed by atoms with Crippen molar-refractivity contribution in [3.63, 3.8) is 0 Å². The number of barbiturate groups is 1. The van der Waals surface area contributed by atoms with Gasteiger partial charge in [-0.1, -0.05) is 6.42 Å². The van der Waals surface area contributed by atoms with Crippen LogP contribution >= 0.6 is 0 Å². The summed E-state index contributed by atoms with van der Waals surface area (Å²) >= 11 is 0. The summed E-state index contributed by atoms with van der Waals surface area (Å²) in [5.74, 6) is -0.138. The standard InChI is InChI=1S/C27H38N4O6/c1-28-23(34)27(30(24(28)35)15-19-7-11-37-12-8-19)16-26(17-27)9-5-20(6-10-26)31-22(33)13-21(32)29(25(31)36)14-18-3-2-4-18/h18-20H,2-17H2,1H3. The van der Waals surface area contributed by atoms with E-state index in [1.165, 1.54) is 14.7 Å². The normalized spacial score (nSPS) is 35.7. The summed E-state index contributed by atoms with van der Waals surface area (Å²) in [5, 5.41) is 0. The van der Waals surface area contributed by atoms with Gasteiger partial charge in [0.1, 0.15) is 12.0 Å². The van der Waals surface area contributed by atoms with Crippen LogP contribution in [0.1, 0.15) is 77.0 Å². The summed E-state index contributed by atoms with van der Waals surface area (Å²) in [6.45, 7) is 2.42. The molecule has 6 fully saturated rings. The molecule has 0 atom stereocenters. The molecule has 6 aliphatic rings. The van der Waals surface area contributed by atoms with E-state index >= 15 is 0 Å². The Bertz CT molecular complexity index is 1000. The third-order valence-corrected chi connectivity index (χ3v) is 10.2. The first-order valence-electron chi connectivity index (χ1n) is 14.1. The van der Waals surface area contributed by atoms with Crippen LogP contribution in [0.15, 0.2) is 0 Å². The fourth-order valence-electron chi connectivity index (χ4n) is 7.80. The largest absolute Gasteiger partial charge is 0.381 e. The molecule has 202 valence electrons. The summed E-state index contributed by atoms with van der Waals surface area (Å²) in [6.07, 6.45) is 9.05. The number of imide groups is 3. The fourth-order valence-corrected chi connectivity index (χ4v) is 7.80. The molecule has 7 amide bonds. The van der Waals surface area contributed by atoms with E-state index < -0.39 is 11.6 Å². The van der Waals surface area contributed by atoms with E-state index in [0.717, 1.165) is 44.9 Å². The fraction of sp³-hybridized carbons (Fsp3) is 0.815. The molecule has 0 N–H and O–H groups in total. The van der Waals surface area contributed by atoms with Crippen molar-refractivity contribution in [3.8, 4) is 0 Å². The third kappa shape index (κ3) is 3.97. The highest BCUT2D eigenvalue weighted by Crippen LogP contribution is 2.61. The van der Waals surface area contributed by atoms with Gasteiger partial charge in [0, 0.05) is 39.4 Å². The van der Waals surface area contributed by atoms with Gasteiger partial charge < -0.3 is 9.64 Å². The smallest absolute Gasteiger partial charge is 0.333 e. The molecule has 0 aromatic heterocycles. The topological polar surface area (TPSA) is 108 Å². The number of hydrogen-bond acceptors (Lipinski definition) is 6. The number of rotatable bonds is 5. The summed E-state index contributed by atoms with van der Waals surface area (Å²) in [6, 6.07) is -0.845. The van der Waals surface area contributed by atoms with Crippen molar-refractivity contribution < 1.29 is 28.7 Å². The van der Waals surface area contributed by atoms with E-state index in [1.54, 1.807) is 7.05 Å². The highest BCUT2D eigenvalue weighted by Gasteiger charge is 2.68. The number of urea groups is 2. The lowest BCUT2D eigenvalue weighted by Crippen LogP contribution is -2.66. The summed E-state index contributed by atoms with van der Waals surface area (Å²) in [7, 11) is 1.59. The molecule has 3 saturated carbocycles. The highest BCUT2D eigenvalue weighted by atomic mass is 16.5. The quantitative estimate of drug-likeness (QED) is 0.412. The van der Waals surface area contributed by atoms with Crippen molar-refractivity contribution in [2.75, 3.05) is 33.4 Å². The Morgan fingerprint density at radius 2 is 1.46 bits per heavy atom. The molecule has 0 radical (unpaired) electrons. The summed E-state index contributed by atoms with van der Waals surface area (Å²) < 4.78 is 5.48. The van der Waals surface area contributed by atoms with Gasteiger partial charge >= 0.3 is 12.1 Å². The van der Waals surface area contributed by atoms with Gasteiger partial charge in [-0.2, -0.15) is 0 Å². The first-order chi connectivity index (χ1) is 17.7. The van der Waals surface area contributed by atoms with Crippen LogP contribution in [-0.4, -0.2) is 94.3 Å². The van der Waals surface area contributed by atoms with Gasteiger partial charge in [0.15, 0.2) is 0 Å². The Labute approximate surface area is 217 Å². The van der Waals surface area contributed by atoms with E-state index in [9.17, 15) is 24.0 Å². The van der Waals surface area contributed by atoms with E-state index in [2.05, 4.69) is 0 Å². The van der Waals surface area contributed by atoms with Crippen LogP contribution in [0.5, 0.6) is 0 Å². The molecule has 6 rings (SSSR count). The molecule has 37 heavy (non-hydrogen) atoms. The van der Waals surface area contributed by atoms with Crippen molar-refractivity contribution in [3.05, 3.63) is 0 Å². The lowest BCUT2D eigenvalue weighted by molar-refractivity contribution is -0.152. The zero-order chi connectivity index (χ0) is 25.9. The van der Waals surface area contributed by atoms with Crippen molar-refractivity contribution in [2.24, 2.45) is 17.3 Å². The van der Waals surface area contributed by atoms with Crippen LogP contribution in [-0.2, 0) is 19.1 Å². The minimum Gasteiger partial charge on any atom is -0.381 e. The van der Waals surface area contributed by atoms with Crippen LogP contribution in [0.3, 0.4) is 0 Å². The Morgan fingerprint density at radius 1 is 0.811 bits per heavy atom. The molecular formula is C27H38N4O6. The molecule has 0 aromatic carbocycles. The molecule has 10 heteroatoms. The number of amides is 7. The van der Waals surface area contributed by atoms with E-state index in [-0.39, 0.29) is 41.6 Å². The zero-order valence-corrected chi connectivity index (χ0v) is 21.8. The predicted octanol–water partition coefficient (Wildman–Crippen LogP) is 2.75. The average Bonchev–Trinajstić information content (AvgIpc) is 3.00. The Balaban J connectivity index is 1.11. The van der Waals surface area contributed by atoms with E-state index in [0.29, 0.717) is 63.8 Å². The Hall–Kier alpha value is -2.49. The lowest BCUT2D eigenvalue weighted by atomic mass is 9.51. The second-order valence-electron chi connectivity index (χ2n) is 12.5. The molecule has 0 bridgehead atoms. The van der Waals surface area contributed by atoms with Crippen molar-refractivity contribution in [1.29, 1.82) is 0 Å². The first-order valence-corrected chi connectivity index (χ1v) is 14.1. The van der Waals surface area contributed by atoms with Crippen LogP contribution in [0.4, 0.5) is 9.59 Å². The van der Waals surface area contributed by atoms with Crippen LogP contribution in [0.2, 0.25) is 0 Å². The second-order valence-corrected chi connectivity index (χ2v) is 12.5. The molecular weight excluding hydrogens is 476 g/mol. The molecule has 0 unspecified atom stereocenters. The molecule has 3 aliphatic carbocycles. The van der Waals surface area contributed by atoms with Gasteiger partial charge in [-0.15, -0.1) is 0 Å². The van der Waals surface area contributed by atoms with Crippen molar-refractivity contribution in [1.82, 2.24) is 19.6 Å². The number of likely N-dealkylation sites (N-methyl/N-ethyl adjacent to an activating group) is 1. The number of nitrogens with zero attached hydrogens (tertiary/aromatic N) is 4. The molecule has 0 aromatic rings. The van der Waals surface area contributed by atoms with E-state index in [4.69, 9.17) is 4.74 Å². The zero-order valence-electron chi connectivity index (χ0n) is 21.8. The highest BCUT2D eigenvalue weighted by molar-refractivity contribution is 6.14. The maximum Gasteiger partial charge on any atom is 0.333 e. The van der Waals surface area contributed by atoms with Gasteiger partial charge in [0.2, 0.25) is 11.8 Å². The minimum absolute atomic E-state index is 0.0468. The average molecular weight is 515 g/mol. The number of ether oxygens (including phenoxy) is 1. The minimum atomic E-state index is -0.750. The molecule has 3 aliphatic heterocycles. The Kier molecular flexibility index (Phi) is 6.08. The molecule has 10 nitrogen and oxygen atoms in total. The Morgan fingerprint density at radius 3 is 2.08 bits per heavy atom. The monoisotopic (exact) mass is 514 g/mol. The van der Waals surface area contributed by atoms with Gasteiger partial charge in [-0.25, -0.2) is 9.59 Å². The van der Waals surface area contributed by atoms with E-state index in [1.807, 2.05) is 4.90 Å². The third-order valence-electron chi connectivity index (χ3n) is 10.2. The first kappa shape index (κ1) is 24.8. The molecule has 3 saturated heterocycles. The van der Waals surface area contributed by atoms with Gasteiger partial charge in [-0.3, -0.25) is 29.1 Å². The van der Waals surface area contributed by atoms with Crippen molar-refractivity contribution in [2.45, 2.75) is 88.6 Å². The molecule has 3 heterocycles. The van der Waals surface area contributed by atoms with Crippen LogP contribution < -0.4 is 0 Å². The number of carbonyl (C=O) groups is 5. The van der Waals surface area contributed by atoms with Gasteiger partial charge in [0.25, 0.3) is 5.91 Å². The number of carbonyl (C=O) groups excluding carboxylic acids is 5. The van der Waals surface area contributed by atoms with Crippen LogP contribution in [0, 0.1) is 17.3 Å². The second kappa shape index (κ2) is 9.06. The molecule has 2 spiro atoms. The van der Waals surface area contributed by atoms with Gasteiger partial charge in [-0.05, 0) is 81.5 Å². The van der Waals surface area contributed by atoms with Crippen molar-refractivity contribution >= 4 is 29.8 Å². The lowest BCUT2D eigenvalue weighted by Gasteiger charge is -2.59. The predicted molar refractivity (Wildman–Crippen MR) is 131 cm³/mol.